The summed E-state index contributed by atoms with van der Waals surface area (Å²) in [5, 5.41) is 8.48. The Morgan fingerprint density at radius 3 is 2.05 bits per heavy atom. The van der Waals surface area contributed by atoms with Gasteiger partial charge in [0.05, 0.1) is 22.5 Å². The van der Waals surface area contributed by atoms with Crippen molar-refractivity contribution in [2.75, 3.05) is 0 Å². The van der Waals surface area contributed by atoms with E-state index in [1.807, 2.05) is 36.4 Å². The first-order valence-corrected chi connectivity index (χ1v) is 7.12. The van der Waals surface area contributed by atoms with E-state index < -0.39 is 22.0 Å². The number of carboxylic acid groups (broad SMARTS) is 1. The molecule has 0 aromatic heterocycles. The van der Waals surface area contributed by atoms with Gasteiger partial charge in [0.25, 0.3) is 0 Å². The van der Waals surface area contributed by atoms with Crippen LogP contribution < -0.4 is 0 Å². The first kappa shape index (κ1) is 13.5. The molecule has 0 aliphatic rings. The lowest BCUT2D eigenvalue weighted by Gasteiger charge is -2.15. The molecule has 0 heterocycles. The van der Waals surface area contributed by atoms with E-state index in [9.17, 15) is 9.00 Å². The van der Waals surface area contributed by atoms with Crippen LogP contribution in [0.25, 0.3) is 0 Å². The molecule has 2 rings (SSSR count). The van der Waals surface area contributed by atoms with E-state index in [1.54, 1.807) is 24.3 Å². The van der Waals surface area contributed by atoms with Crippen LogP contribution in [0.4, 0.5) is 0 Å². The zero-order valence-corrected chi connectivity index (χ0v) is 11.0. The van der Waals surface area contributed by atoms with Gasteiger partial charge in [0, 0.05) is 4.90 Å². The number of rotatable bonds is 5. The van der Waals surface area contributed by atoms with E-state index in [2.05, 4.69) is 0 Å². The van der Waals surface area contributed by atoms with Crippen molar-refractivity contribution < 1.29 is 14.1 Å². The number of carboxylic acids is 1. The predicted molar refractivity (Wildman–Crippen MR) is 74.3 cm³/mol. The van der Waals surface area contributed by atoms with Gasteiger partial charge >= 0.3 is 5.97 Å². The minimum absolute atomic E-state index is 0.147. The molecule has 98 valence electrons. The SMILES string of the molecule is O=C(O)C[C@H](c1ccccc1)[S@](=O)c1ccccc1. The lowest BCUT2D eigenvalue weighted by atomic mass is 10.1. The van der Waals surface area contributed by atoms with Crippen LogP contribution in [0.2, 0.25) is 0 Å². The van der Waals surface area contributed by atoms with Gasteiger partial charge in [-0.15, -0.1) is 0 Å². The van der Waals surface area contributed by atoms with Gasteiger partial charge in [-0.2, -0.15) is 0 Å². The highest BCUT2D eigenvalue weighted by atomic mass is 32.2. The third-order valence-electron chi connectivity index (χ3n) is 2.77. The Bertz CT molecular complexity index is 566. The van der Waals surface area contributed by atoms with Crippen LogP contribution in [0, 0.1) is 0 Å². The Labute approximate surface area is 114 Å². The van der Waals surface area contributed by atoms with Crippen LogP contribution in [-0.2, 0) is 15.6 Å². The van der Waals surface area contributed by atoms with Gasteiger partial charge in [-0.1, -0.05) is 48.5 Å². The van der Waals surface area contributed by atoms with Crippen molar-refractivity contribution in [3.8, 4) is 0 Å². The van der Waals surface area contributed by atoms with E-state index in [0.29, 0.717) is 4.90 Å². The Balaban J connectivity index is 2.33. The molecule has 0 unspecified atom stereocenters. The molecule has 0 saturated carbocycles. The fraction of sp³-hybridized carbons (Fsp3) is 0.133. The molecule has 2 aromatic rings. The molecule has 2 atom stereocenters. The molecule has 0 saturated heterocycles. The minimum atomic E-state index is -1.37. The number of hydrogen-bond acceptors (Lipinski definition) is 2. The standard InChI is InChI=1S/C15H14O3S/c16-15(17)11-14(12-7-3-1-4-8-12)19(18)13-9-5-2-6-10-13/h1-10,14H,11H2,(H,16,17)/t14-,19-/m1/s1. The maximum atomic E-state index is 12.5. The van der Waals surface area contributed by atoms with Crippen LogP contribution in [0.5, 0.6) is 0 Å². The zero-order chi connectivity index (χ0) is 13.7. The third kappa shape index (κ3) is 3.51. The second-order valence-electron chi connectivity index (χ2n) is 4.11. The van der Waals surface area contributed by atoms with Gasteiger partial charge in [0.1, 0.15) is 0 Å². The van der Waals surface area contributed by atoms with E-state index in [1.165, 1.54) is 0 Å². The second-order valence-corrected chi connectivity index (χ2v) is 5.74. The van der Waals surface area contributed by atoms with E-state index in [0.717, 1.165) is 5.56 Å². The number of benzene rings is 2. The highest BCUT2D eigenvalue weighted by molar-refractivity contribution is 7.85. The Hall–Kier alpha value is -1.94. The van der Waals surface area contributed by atoms with Crippen LogP contribution in [0.15, 0.2) is 65.6 Å². The molecule has 19 heavy (non-hydrogen) atoms. The normalized spacial score (nSPS) is 13.7. The van der Waals surface area contributed by atoms with Crippen LogP contribution in [0.1, 0.15) is 17.2 Å². The van der Waals surface area contributed by atoms with Crippen LogP contribution in [-0.4, -0.2) is 15.3 Å². The molecule has 0 aliphatic carbocycles. The fourth-order valence-corrected chi connectivity index (χ4v) is 3.31. The van der Waals surface area contributed by atoms with Gasteiger partial charge in [-0.3, -0.25) is 9.00 Å². The molecule has 0 amide bonds. The summed E-state index contributed by atoms with van der Waals surface area (Å²) in [6.45, 7) is 0. The summed E-state index contributed by atoms with van der Waals surface area (Å²) in [6, 6.07) is 18.1. The largest absolute Gasteiger partial charge is 0.481 e. The zero-order valence-electron chi connectivity index (χ0n) is 10.2. The molecule has 0 bridgehead atoms. The van der Waals surface area contributed by atoms with E-state index >= 15 is 0 Å². The average Bonchev–Trinajstić information content (AvgIpc) is 2.46. The van der Waals surface area contributed by atoms with Crippen molar-refractivity contribution in [1.29, 1.82) is 0 Å². The summed E-state index contributed by atoms with van der Waals surface area (Å²) in [5.41, 5.74) is 0.784. The van der Waals surface area contributed by atoms with Gasteiger partial charge in [-0.05, 0) is 17.7 Å². The molecule has 0 radical (unpaired) electrons. The lowest BCUT2D eigenvalue weighted by Crippen LogP contribution is -2.12. The number of aliphatic carboxylic acids is 1. The molecule has 0 fully saturated rings. The minimum Gasteiger partial charge on any atom is -0.481 e. The highest BCUT2D eigenvalue weighted by Gasteiger charge is 2.23. The molecule has 0 aliphatic heterocycles. The topological polar surface area (TPSA) is 54.4 Å². The van der Waals surface area contributed by atoms with Crippen molar-refractivity contribution in [1.82, 2.24) is 0 Å². The van der Waals surface area contributed by atoms with Crippen LogP contribution in [0.3, 0.4) is 0 Å². The quantitative estimate of drug-likeness (QED) is 0.911. The molecule has 0 spiro atoms. The number of hydrogen-bond donors (Lipinski definition) is 1. The third-order valence-corrected chi connectivity index (χ3v) is 4.46. The molecular formula is C15H14O3S. The Morgan fingerprint density at radius 1 is 1.00 bits per heavy atom. The van der Waals surface area contributed by atoms with Crippen molar-refractivity contribution >= 4 is 16.8 Å². The highest BCUT2D eigenvalue weighted by Crippen LogP contribution is 2.28. The molecule has 1 N–H and O–H groups in total. The van der Waals surface area contributed by atoms with Gasteiger partial charge in [0.15, 0.2) is 0 Å². The molecule has 3 nitrogen and oxygen atoms in total. The maximum absolute atomic E-state index is 12.5. The first-order chi connectivity index (χ1) is 9.18. The maximum Gasteiger partial charge on any atom is 0.304 e. The van der Waals surface area contributed by atoms with E-state index in [4.69, 9.17) is 5.11 Å². The van der Waals surface area contributed by atoms with Crippen molar-refractivity contribution in [2.45, 2.75) is 16.6 Å². The van der Waals surface area contributed by atoms with Crippen LogP contribution >= 0.6 is 0 Å². The van der Waals surface area contributed by atoms with Gasteiger partial charge in [0.2, 0.25) is 0 Å². The monoisotopic (exact) mass is 274 g/mol. The average molecular weight is 274 g/mol. The van der Waals surface area contributed by atoms with Crippen molar-refractivity contribution in [3.63, 3.8) is 0 Å². The lowest BCUT2D eigenvalue weighted by molar-refractivity contribution is -0.137. The Kier molecular flexibility index (Phi) is 4.47. The number of carbonyl (C=O) groups is 1. The van der Waals surface area contributed by atoms with Gasteiger partial charge in [-0.25, -0.2) is 0 Å². The summed E-state index contributed by atoms with van der Waals surface area (Å²) >= 11 is 0. The van der Waals surface area contributed by atoms with Gasteiger partial charge < -0.3 is 5.11 Å². The van der Waals surface area contributed by atoms with E-state index in [-0.39, 0.29) is 6.42 Å². The predicted octanol–water partition coefficient (Wildman–Crippen LogP) is 3.01. The molecule has 4 heteroatoms. The molecule has 2 aromatic carbocycles. The summed E-state index contributed by atoms with van der Waals surface area (Å²) in [4.78, 5) is 11.6. The smallest absolute Gasteiger partial charge is 0.304 e. The Morgan fingerprint density at radius 2 is 1.53 bits per heavy atom. The molecular weight excluding hydrogens is 260 g/mol. The van der Waals surface area contributed by atoms with Crippen molar-refractivity contribution in [2.24, 2.45) is 0 Å². The summed E-state index contributed by atoms with van der Waals surface area (Å²) in [7, 11) is -1.37. The summed E-state index contributed by atoms with van der Waals surface area (Å²) < 4.78 is 12.5. The summed E-state index contributed by atoms with van der Waals surface area (Å²) in [5.74, 6) is -0.946. The second kappa shape index (κ2) is 6.29. The summed E-state index contributed by atoms with van der Waals surface area (Å²) in [6.07, 6.45) is -0.147. The van der Waals surface area contributed by atoms with Crippen molar-refractivity contribution in [3.05, 3.63) is 66.2 Å². The fourth-order valence-electron chi connectivity index (χ4n) is 1.86. The first-order valence-electron chi connectivity index (χ1n) is 5.91.